The Morgan fingerprint density at radius 3 is 2.43 bits per heavy atom. The second-order valence-corrected chi connectivity index (χ2v) is 5.05. The predicted molar refractivity (Wildman–Crippen MR) is 79.3 cm³/mol. The summed E-state index contributed by atoms with van der Waals surface area (Å²) in [6, 6.07) is 8.92. The van der Waals surface area contributed by atoms with Crippen LogP contribution in [-0.4, -0.2) is 5.91 Å². The van der Waals surface area contributed by atoms with Crippen LogP contribution >= 0.6 is 0 Å². The van der Waals surface area contributed by atoms with Gasteiger partial charge in [-0.3, -0.25) is 4.79 Å². The van der Waals surface area contributed by atoms with Gasteiger partial charge in [-0.15, -0.1) is 0 Å². The molecule has 2 aromatic rings. The van der Waals surface area contributed by atoms with Crippen molar-refractivity contribution in [2.24, 2.45) is 0 Å². The standard InChI is InChI=1S/C16H16F2N2O/c1-9(2)10-5-3-4-6-15(10)20-16(21)11-7-12(17)13(18)8-14(11)19/h3-9H,19H2,1-2H3,(H,20,21). The minimum absolute atomic E-state index is 0.0903. The molecule has 1 amide bonds. The molecular formula is C16H16F2N2O. The van der Waals surface area contributed by atoms with Gasteiger partial charge in [-0.2, -0.15) is 0 Å². The van der Waals surface area contributed by atoms with Crippen LogP contribution in [-0.2, 0) is 0 Å². The van der Waals surface area contributed by atoms with Crippen molar-refractivity contribution in [1.82, 2.24) is 0 Å². The normalized spacial score (nSPS) is 10.7. The van der Waals surface area contributed by atoms with E-state index < -0.39 is 17.5 Å². The smallest absolute Gasteiger partial charge is 0.257 e. The second-order valence-electron chi connectivity index (χ2n) is 5.05. The molecule has 2 rings (SSSR count). The van der Waals surface area contributed by atoms with Gasteiger partial charge in [0.25, 0.3) is 5.91 Å². The first-order valence-corrected chi connectivity index (χ1v) is 6.55. The number of hydrogen-bond donors (Lipinski definition) is 2. The fourth-order valence-electron chi connectivity index (χ4n) is 2.06. The van der Waals surface area contributed by atoms with E-state index >= 15 is 0 Å². The van der Waals surface area contributed by atoms with Crippen molar-refractivity contribution >= 4 is 17.3 Å². The molecule has 0 atom stereocenters. The Bertz CT molecular complexity index is 684. The molecule has 0 unspecified atom stereocenters. The van der Waals surface area contributed by atoms with Gasteiger partial charge in [-0.25, -0.2) is 8.78 Å². The number of carbonyl (C=O) groups excluding carboxylic acids is 1. The van der Waals surface area contributed by atoms with E-state index in [1.54, 1.807) is 12.1 Å². The van der Waals surface area contributed by atoms with Crippen LogP contribution in [0.25, 0.3) is 0 Å². The highest BCUT2D eigenvalue weighted by atomic mass is 19.2. The molecule has 2 aromatic carbocycles. The van der Waals surface area contributed by atoms with Gasteiger partial charge in [0.15, 0.2) is 11.6 Å². The van der Waals surface area contributed by atoms with Crippen LogP contribution in [0.5, 0.6) is 0 Å². The molecule has 0 bridgehead atoms. The number of rotatable bonds is 3. The lowest BCUT2D eigenvalue weighted by molar-refractivity contribution is 0.102. The SMILES string of the molecule is CC(C)c1ccccc1NC(=O)c1cc(F)c(F)cc1N. The summed E-state index contributed by atoms with van der Waals surface area (Å²) >= 11 is 0. The van der Waals surface area contributed by atoms with E-state index in [4.69, 9.17) is 5.73 Å². The number of amides is 1. The number of carbonyl (C=O) groups is 1. The van der Waals surface area contributed by atoms with Gasteiger partial charge in [0.2, 0.25) is 0 Å². The number of halogens is 2. The number of nitrogens with two attached hydrogens (primary N) is 1. The highest BCUT2D eigenvalue weighted by molar-refractivity contribution is 6.08. The number of nitrogens with one attached hydrogen (secondary N) is 1. The third-order valence-electron chi connectivity index (χ3n) is 3.17. The van der Waals surface area contributed by atoms with Crippen LogP contribution in [0.3, 0.4) is 0 Å². The average molecular weight is 290 g/mol. The van der Waals surface area contributed by atoms with E-state index in [1.807, 2.05) is 26.0 Å². The molecule has 21 heavy (non-hydrogen) atoms. The molecule has 0 radical (unpaired) electrons. The van der Waals surface area contributed by atoms with Crippen molar-refractivity contribution in [3.8, 4) is 0 Å². The van der Waals surface area contributed by atoms with E-state index in [9.17, 15) is 13.6 Å². The number of para-hydroxylation sites is 1. The molecule has 0 aromatic heterocycles. The quantitative estimate of drug-likeness (QED) is 0.842. The Balaban J connectivity index is 2.33. The van der Waals surface area contributed by atoms with Gasteiger partial charge in [0.1, 0.15) is 0 Å². The monoisotopic (exact) mass is 290 g/mol. The van der Waals surface area contributed by atoms with Crippen LogP contribution in [0.4, 0.5) is 20.2 Å². The molecule has 0 saturated heterocycles. The molecule has 0 fully saturated rings. The van der Waals surface area contributed by atoms with Gasteiger partial charge in [-0.1, -0.05) is 32.0 Å². The van der Waals surface area contributed by atoms with Crippen LogP contribution in [0, 0.1) is 11.6 Å². The Morgan fingerprint density at radius 2 is 1.76 bits per heavy atom. The summed E-state index contributed by atoms with van der Waals surface area (Å²) in [6.45, 7) is 3.99. The summed E-state index contributed by atoms with van der Waals surface area (Å²) in [5.41, 5.74) is 6.96. The van der Waals surface area contributed by atoms with Crippen LogP contribution in [0.15, 0.2) is 36.4 Å². The summed E-state index contributed by atoms with van der Waals surface area (Å²) in [5, 5.41) is 2.69. The second kappa shape index (κ2) is 5.91. The molecule has 0 aliphatic heterocycles. The third kappa shape index (κ3) is 3.18. The lowest BCUT2D eigenvalue weighted by atomic mass is 10.0. The van der Waals surface area contributed by atoms with E-state index in [0.29, 0.717) is 5.69 Å². The predicted octanol–water partition coefficient (Wildman–Crippen LogP) is 3.92. The summed E-state index contributed by atoms with van der Waals surface area (Å²) in [6.07, 6.45) is 0. The molecule has 3 N–H and O–H groups in total. The molecule has 0 heterocycles. The van der Waals surface area contributed by atoms with E-state index in [-0.39, 0.29) is 17.2 Å². The van der Waals surface area contributed by atoms with Crippen molar-refractivity contribution < 1.29 is 13.6 Å². The van der Waals surface area contributed by atoms with Crippen LogP contribution < -0.4 is 11.1 Å². The number of hydrogen-bond acceptors (Lipinski definition) is 2. The largest absolute Gasteiger partial charge is 0.398 e. The molecule has 0 spiro atoms. The Kier molecular flexibility index (Phi) is 4.21. The highest BCUT2D eigenvalue weighted by Gasteiger charge is 2.16. The third-order valence-corrected chi connectivity index (χ3v) is 3.17. The fourth-order valence-corrected chi connectivity index (χ4v) is 2.06. The molecule has 0 saturated carbocycles. The maximum atomic E-state index is 13.3. The lowest BCUT2D eigenvalue weighted by Crippen LogP contribution is -2.16. The van der Waals surface area contributed by atoms with Crippen molar-refractivity contribution in [3.63, 3.8) is 0 Å². The maximum absolute atomic E-state index is 13.3. The summed E-state index contributed by atoms with van der Waals surface area (Å²) < 4.78 is 26.3. The molecule has 0 aliphatic rings. The maximum Gasteiger partial charge on any atom is 0.257 e. The minimum atomic E-state index is -1.11. The zero-order valence-electron chi connectivity index (χ0n) is 11.8. The first-order chi connectivity index (χ1) is 9.90. The summed E-state index contributed by atoms with van der Waals surface area (Å²) in [7, 11) is 0. The summed E-state index contributed by atoms with van der Waals surface area (Å²) in [5.74, 6) is -2.54. The van der Waals surface area contributed by atoms with Crippen LogP contribution in [0.1, 0.15) is 35.7 Å². The highest BCUT2D eigenvalue weighted by Crippen LogP contribution is 2.25. The van der Waals surface area contributed by atoms with Gasteiger partial charge in [0.05, 0.1) is 5.56 Å². The van der Waals surface area contributed by atoms with Gasteiger partial charge in [-0.05, 0) is 23.6 Å². The van der Waals surface area contributed by atoms with Crippen molar-refractivity contribution in [3.05, 3.63) is 59.2 Å². The number of anilines is 2. The molecule has 5 heteroatoms. The van der Waals surface area contributed by atoms with Crippen LogP contribution in [0.2, 0.25) is 0 Å². The van der Waals surface area contributed by atoms with E-state index in [2.05, 4.69) is 5.32 Å². The zero-order chi connectivity index (χ0) is 15.6. The molecular weight excluding hydrogens is 274 g/mol. The Labute approximate surface area is 121 Å². The number of benzene rings is 2. The zero-order valence-corrected chi connectivity index (χ0v) is 11.8. The molecule has 110 valence electrons. The first-order valence-electron chi connectivity index (χ1n) is 6.55. The number of nitrogen functional groups attached to an aromatic ring is 1. The average Bonchev–Trinajstić information content (AvgIpc) is 2.43. The van der Waals surface area contributed by atoms with Crippen molar-refractivity contribution in [2.45, 2.75) is 19.8 Å². The van der Waals surface area contributed by atoms with Gasteiger partial charge >= 0.3 is 0 Å². The van der Waals surface area contributed by atoms with Gasteiger partial charge in [0, 0.05) is 17.4 Å². The minimum Gasteiger partial charge on any atom is -0.398 e. The topological polar surface area (TPSA) is 55.1 Å². The lowest BCUT2D eigenvalue weighted by Gasteiger charge is -2.14. The first kappa shape index (κ1) is 15.0. The van der Waals surface area contributed by atoms with E-state index in [0.717, 1.165) is 17.7 Å². The Hall–Kier alpha value is -2.43. The van der Waals surface area contributed by atoms with Crippen molar-refractivity contribution in [2.75, 3.05) is 11.1 Å². The summed E-state index contributed by atoms with van der Waals surface area (Å²) in [4.78, 5) is 12.2. The van der Waals surface area contributed by atoms with Gasteiger partial charge < -0.3 is 11.1 Å². The fraction of sp³-hybridized carbons (Fsp3) is 0.188. The van der Waals surface area contributed by atoms with Crippen molar-refractivity contribution in [1.29, 1.82) is 0 Å². The molecule has 3 nitrogen and oxygen atoms in total. The van der Waals surface area contributed by atoms with E-state index in [1.165, 1.54) is 0 Å². The molecule has 0 aliphatic carbocycles. The Morgan fingerprint density at radius 1 is 1.14 bits per heavy atom.